The maximum atomic E-state index is 12.5. The number of nitro groups is 1. The number of benzene rings is 1. The Hall–Kier alpha value is -3.21. The Labute approximate surface area is 168 Å². The van der Waals surface area contributed by atoms with E-state index >= 15 is 0 Å². The van der Waals surface area contributed by atoms with Gasteiger partial charge in [-0.2, -0.15) is 10.2 Å². The van der Waals surface area contributed by atoms with Crippen LogP contribution in [0.25, 0.3) is 0 Å². The van der Waals surface area contributed by atoms with E-state index in [9.17, 15) is 14.9 Å². The summed E-state index contributed by atoms with van der Waals surface area (Å²) in [5.74, 6) is 0.351. The quantitative estimate of drug-likeness (QED) is 0.416. The van der Waals surface area contributed by atoms with Crippen LogP contribution in [0.4, 0.5) is 11.4 Å². The molecule has 28 heavy (non-hydrogen) atoms. The lowest BCUT2D eigenvalue weighted by Gasteiger charge is -2.14. The lowest BCUT2D eigenvalue weighted by Crippen LogP contribution is -2.25. The second-order valence-corrected chi connectivity index (χ2v) is 6.76. The molecule has 1 unspecified atom stereocenters. The number of nitrogens with one attached hydrogen (secondary N) is 1. The minimum absolute atomic E-state index is 0.163. The molecule has 0 spiro atoms. The first kappa shape index (κ1) is 19.5. The molecular formula is C17H17BrN6O4. The highest BCUT2D eigenvalue weighted by atomic mass is 79.9. The highest BCUT2D eigenvalue weighted by Gasteiger charge is 2.22. The number of carbonyl (C=O) groups is 1. The number of anilines is 1. The molecule has 2 aromatic heterocycles. The fourth-order valence-electron chi connectivity index (χ4n) is 2.48. The van der Waals surface area contributed by atoms with Crippen LogP contribution in [0.5, 0.6) is 5.75 Å². The molecule has 1 atom stereocenters. The Morgan fingerprint density at radius 3 is 2.68 bits per heavy atom. The van der Waals surface area contributed by atoms with E-state index in [2.05, 4.69) is 31.4 Å². The van der Waals surface area contributed by atoms with Crippen LogP contribution in [0.15, 0.2) is 53.5 Å². The van der Waals surface area contributed by atoms with Gasteiger partial charge in [0, 0.05) is 4.47 Å². The minimum Gasteiger partial charge on any atom is -0.471 e. The molecule has 1 N–H and O–H groups in total. The first-order valence-corrected chi connectivity index (χ1v) is 9.15. The van der Waals surface area contributed by atoms with Crippen molar-refractivity contribution >= 4 is 33.2 Å². The molecule has 0 aliphatic carbocycles. The standard InChI is InChI=1S/C17H17BrN6O4/c1-2-16(23-10-14(8-20-23)24(26)27)17(25)21-13-7-19-22(9-13)11-28-15-5-3-12(18)4-6-15/h3-10,16H,2,11H2,1H3,(H,21,25). The lowest BCUT2D eigenvalue weighted by atomic mass is 10.2. The zero-order valence-corrected chi connectivity index (χ0v) is 16.4. The van der Waals surface area contributed by atoms with Crippen LogP contribution >= 0.6 is 15.9 Å². The molecule has 1 aromatic carbocycles. The molecule has 0 aliphatic rings. The summed E-state index contributed by atoms with van der Waals surface area (Å²) in [5.41, 5.74) is 0.327. The first-order valence-electron chi connectivity index (χ1n) is 8.36. The number of hydrogen-bond donors (Lipinski definition) is 1. The van der Waals surface area contributed by atoms with Crippen LogP contribution in [-0.4, -0.2) is 30.4 Å². The van der Waals surface area contributed by atoms with Crippen molar-refractivity contribution < 1.29 is 14.5 Å². The van der Waals surface area contributed by atoms with Crippen molar-refractivity contribution in [2.75, 3.05) is 5.32 Å². The fraction of sp³-hybridized carbons (Fsp3) is 0.235. The molecule has 11 heteroatoms. The molecule has 0 saturated carbocycles. The van der Waals surface area contributed by atoms with Gasteiger partial charge in [-0.25, -0.2) is 4.68 Å². The van der Waals surface area contributed by atoms with Gasteiger partial charge in [-0.05, 0) is 30.7 Å². The SMILES string of the molecule is CCC(C(=O)Nc1cnn(COc2ccc(Br)cc2)c1)n1cc([N+](=O)[O-])cn1. The van der Waals surface area contributed by atoms with E-state index in [0.717, 1.165) is 10.7 Å². The van der Waals surface area contributed by atoms with E-state index in [1.54, 1.807) is 13.1 Å². The monoisotopic (exact) mass is 448 g/mol. The predicted molar refractivity (Wildman–Crippen MR) is 104 cm³/mol. The Balaban J connectivity index is 1.60. The average molecular weight is 449 g/mol. The largest absolute Gasteiger partial charge is 0.471 e. The lowest BCUT2D eigenvalue weighted by molar-refractivity contribution is -0.385. The summed E-state index contributed by atoms with van der Waals surface area (Å²) in [5, 5.41) is 21.6. The maximum absolute atomic E-state index is 12.5. The van der Waals surface area contributed by atoms with Gasteiger partial charge in [0.25, 0.3) is 0 Å². The van der Waals surface area contributed by atoms with Crippen molar-refractivity contribution in [3.8, 4) is 5.75 Å². The highest BCUT2D eigenvalue weighted by Crippen LogP contribution is 2.19. The minimum atomic E-state index is -0.670. The summed E-state index contributed by atoms with van der Waals surface area (Å²) < 4.78 is 9.40. The first-order chi connectivity index (χ1) is 13.5. The van der Waals surface area contributed by atoms with Crippen molar-refractivity contribution in [2.45, 2.75) is 26.1 Å². The Bertz CT molecular complexity index is 968. The van der Waals surface area contributed by atoms with Gasteiger partial charge in [-0.3, -0.25) is 19.6 Å². The molecule has 0 radical (unpaired) electrons. The Morgan fingerprint density at radius 2 is 2.04 bits per heavy atom. The van der Waals surface area contributed by atoms with Gasteiger partial charge in [-0.15, -0.1) is 0 Å². The summed E-state index contributed by atoms with van der Waals surface area (Å²) in [6.45, 7) is 1.98. The van der Waals surface area contributed by atoms with E-state index < -0.39 is 11.0 Å². The molecular weight excluding hydrogens is 432 g/mol. The van der Waals surface area contributed by atoms with Gasteiger partial charge in [0.05, 0.1) is 23.0 Å². The molecule has 146 valence electrons. The maximum Gasteiger partial charge on any atom is 0.307 e. The van der Waals surface area contributed by atoms with Crippen LogP contribution in [0.2, 0.25) is 0 Å². The second-order valence-electron chi connectivity index (χ2n) is 5.84. The summed E-state index contributed by atoms with van der Waals surface area (Å²) in [6, 6.07) is 6.72. The van der Waals surface area contributed by atoms with Crippen LogP contribution in [0, 0.1) is 10.1 Å². The molecule has 10 nitrogen and oxygen atoms in total. The summed E-state index contributed by atoms with van der Waals surface area (Å²) in [7, 11) is 0. The molecule has 0 saturated heterocycles. The smallest absolute Gasteiger partial charge is 0.307 e. The Kier molecular flexibility index (Phi) is 6.04. The van der Waals surface area contributed by atoms with Crippen molar-refractivity contribution in [2.24, 2.45) is 0 Å². The fourth-order valence-corrected chi connectivity index (χ4v) is 2.75. The zero-order valence-electron chi connectivity index (χ0n) is 14.9. The molecule has 0 fully saturated rings. The molecule has 1 amide bonds. The number of amides is 1. The topological polar surface area (TPSA) is 117 Å². The molecule has 3 rings (SSSR count). The number of halogens is 1. The van der Waals surface area contributed by atoms with Crippen LogP contribution in [0.3, 0.4) is 0 Å². The van der Waals surface area contributed by atoms with Crippen molar-refractivity contribution in [3.05, 3.63) is 63.6 Å². The number of hydrogen-bond acceptors (Lipinski definition) is 6. The molecule has 2 heterocycles. The molecule has 0 aliphatic heterocycles. The normalized spacial score (nSPS) is 11.8. The number of rotatable bonds is 8. The second kappa shape index (κ2) is 8.65. The Morgan fingerprint density at radius 1 is 1.29 bits per heavy atom. The van der Waals surface area contributed by atoms with Crippen molar-refractivity contribution in [1.82, 2.24) is 19.6 Å². The number of nitrogens with zero attached hydrogens (tertiary/aromatic N) is 5. The molecule has 0 bridgehead atoms. The van der Waals surface area contributed by atoms with Gasteiger partial charge in [0.1, 0.15) is 24.2 Å². The van der Waals surface area contributed by atoms with Gasteiger partial charge >= 0.3 is 5.69 Å². The summed E-state index contributed by atoms with van der Waals surface area (Å²) in [4.78, 5) is 22.8. The number of ether oxygens (including phenoxy) is 1. The van der Waals surface area contributed by atoms with Crippen LogP contribution < -0.4 is 10.1 Å². The van der Waals surface area contributed by atoms with Crippen molar-refractivity contribution in [3.63, 3.8) is 0 Å². The zero-order chi connectivity index (χ0) is 20.1. The third kappa shape index (κ3) is 4.74. The van der Waals surface area contributed by atoms with Gasteiger partial charge in [0.15, 0.2) is 6.73 Å². The predicted octanol–water partition coefficient (Wildman–Crippen LogP) is 3.38. The van der Waals surface area contributed by atoms with Gasteiger partial charge in [0.2, 0.25) is 5.91 Å². The van der Waals surface area contributed by atoms with E-state index in [1.807, 2.05) is 24.3 Å². The van der Waals surface area contributed by atoms with Gasteiger partial charge < -0.3 is 10.1 Å². The van der Waals surface area contributed by atoms with Gasteiger partial charge in [-0.1, -0.05) is 22.9 Å². The third-order valence-electron chi connectivity index (χ3n) is 3.89. The number of carbonyl (C=O) groups excluding carboxylic acids is 1. The summed E-state index contributed by atoms with van der Waals surface area (Å²) >= 11 is 3.36. The van der Waals surface area contributed by atoms with E-state index in [-0.39, 0.29) is 18.3 Å². The average Bonchev–Trinajstić information content (AvgIpc) is 3.32. The third-order valence-corrected chi connectivity index (χ3v) is 4.41. The van der Waals surface area contributed by atoms with E-state index in [1.165, 1.54) is 21.8 Å². The van der Waals surface area contributed by atoms with Crippen LogP contribution in [-0.2, 0) is 11.5 Å². The van der Waals surface area contributed by atoms with Crippen molar-refractivity contribution in [1.29, 1.82) is 0 Å². The van der Waals surface area contributed by atoms with E-state index in [4.69, 9.17) is 4.74 Å². The summed E-state index contributed by atoms with van der Waals surface area (Å²) in [6.07, 6.45) is 5.91. The molecule has 3 aromatic rings. The number of aromatic nitrogens is 4. The van der Waals surface area contributed by atoms with E-state index in [0.29, 0.717) is 17.9 Å². The highest BCUT2D eigenvalue weighted by molar-refractivity contribution is 9.10. The van der Waals surface area contributed by atoms with Crippen LogP contribution in [0.1, 0.15) is 19.4 Å².